The Labute approximate surface area is 91.4 Å². The Balaban J connectivity index is 2.62. The second kappa shape index (κ2) is 3.48. The molecule has 0 radical (unpaired) electrons. The van der Waals surface area contributed by atoms with E-state index in [4.69, 9.17) is 0 Å². The van der Waals surface area contributed by atoms with Gasteiger partial charge in [0, 0.05) is 10.1 Å². The minimum atomic E-state index is -1.90. The molecule has 11 heteroatoms. The summed E-state index contributed by atoms with van der Waals surface area (Å²) in [6, 6.07) is -1.69. The van der Waals surface area contributed by atoms with E-state index in [-0.39, 0.29) is 4.90 Å². The first-order valence-electron chi connectivity index (χ1n) is 4.20. The maximum atomic E-state index is 11.1. The lowest BCUT2D eigenvalue weighted by atomic mass is 9.99. The first-order valence-corrected chi connectivity index (χ1v) is 4.20. The molecule has 17 heavy (non-hydrogen) atoms. The Bertz CT molecular complexity index is 534. The number of hydrogen-bond acceptors (Lipinski definition) is 8. The lowest BCUT2D eigenvalue weighted by molar-refractivity contribution is -0.810. The van der Waals surface area contributed by atoms with Gasteiger partial charge in [-0.2, -0.15) is 0 Å². The van der Waals surface area contributed by atoms with Crippen molar-refractivity contribution in [3.8, 4) is 0 Å². The minimum Gasteiger partial charge on any atom is -0.374 e. The number of rotatable bonds is 2. The first-order chi connectivity index (χ1) is 7.93. The van der Waals surface area contributed by atoms with Gasteiger partial charge in [-0.25, -0.2) is 0 Å². The molecule has 0 aliphatic heterocycles. The Kier molecular flexibility index (Phi) is 2.24. The van der Waals surface area contributed by atoms with Crippen LogP contribution in [-0.4, -0.2) is 20.1 Å². The molecule has 2 unspecified atom stereocenters. The first kappa shape index (κ1) is 10.9. The zero-order valence-corrected chi connectivity index (χ0v) is 7.92. The van der Waals surface area contributed by atoms with Gasteiger partial charge in [0.15, 0.2) is 0 Å². The molecule has 90 valence electrons. The molecule has 0 saturated carbocycles. The fourth-order valence-electron chi connectivity index (χ4n) is 1.50. The van der Waals surface area contributed by atoms with Crippen LogP contribution in [0.15, 0.2) is 16.4 Å². The maximum absolute atomic E-state index is 11.1. The zero-order valence-electron chi connectivity index (χ0n) is 7.92. The van der Waals surface area contributed by atoms with Crippen molar-refractivity contribution >= 4 is 0 Å². The number of aliphatic hydroxyl groups is 1. The van der Waals surface area contributed by atoms with E-state index < -0.39 is 39.1 Å². The van der Waals surface area contributed by atoms with Crippen molar-refractivity contribution in [2.45, 2.75) is 12.1 Å². The van der Waals surface area contributed by atoms with Crippen molar-refractivity contribution in [2.75, 3.05) is 0 Å². The summed E-state index contributed by atoms with van der Waals surface area (Å²) in [5.74, 6) is 0. The average Bonchev–Trinajstić information content (AvgIpc) is 2.61. The molecule has 1 aromatic rings. The van der Waals surface area contributed by atoms with Crippen LogP contribution in [0.5, 0.6) is 0 Å². The Morgan fingerprint density at radius 1 is 1.47 bits per heavy atom. The molecule has 1 aliphatic carbocycles. The summed E-state index contributed by atoms with van der Waals surface area (Å²) in [4.78, 5) is 19.1. The quantitative estimate of drug-likeness (QED) is 0.386. The van der Waals surface area contributed by atoms with Crippen LogP contribution >= 0.6 is 0 Å². The minimum absolute atomic E-state index is 0.285. The van der Waals surface area contributed by atoms with E-state index in [2.05, 4.69) is 9.79 Å². The SMILES string of the molecule is O=[N+]([O-])C1=CC([N+](=O)[O-])c2no[n+]([O-])c2C1O. The summed E-state index contributed by atoms with van der Waals surface area (Å²) in [7, 11) is 0. The monoisotopic (exact) mass is 244 g/mol. The van der Waals surface area contributed by atoms with Gasteiger partial charge in [0.1, 0.15) is 0 Å². The Morgan fingerprint density at radius 3 is 2.65 bits per heavy atom. The summed E-state index contributed by atoms with van der Waals surface area (Å²) < 4.78 is 4.09. The number of fused-ring (bicyclic) bond motifs is 1. The molecule has 1 heterocycles. The molecule has 1 aromatic heterocycles. The second-order valence-corrected chi connectivity index (χ2v) is 3.18. The molecular formula is C6H4N4O7. The molecule has 2 atom stereocenters. The van der Waals surface area contributed by atoms with Gasteiger partial charge in [0.05, 0.1) is 11.0 Å². The highest BCUT2D eigenvalue weighted by molar-refractivity contribution is 5.27. The Hall–Kier alpha value is -2.56. The molecule has 0 amide bonds. The van der Waals surface area contributed by atoms with Crippen molar-refractivity contribution in [3.05, 3.63) is 48.6 Å². The summed E-state index contributed by atoms with van der Waals surface area (Å²) in [5.41, 5.74) is -1.93. The third-order valence-corrected chi connectivity index (χ3v) is 2.26. The lowest BCUT2D eigenvalue weighted by Crippen LogP contribution is -2.35. The van der Waals surface area contributed by atoms with E-state index in [9.17, 15) is 30.5 Å². The molecule has 0 aromatic carbocycles. The molecule has 11 nitrogen and oxygen atoms in total. The van der Waals surface area contributed by atoms with E-state index in [0.29, 0.717) is 6.08 Å². The molecule has 1 N–H and O–H groups in total. The van der Waals surface area contributed by atoms with Crippen molar-refractivity contribution in [1.82, 2.24) is 5.16 Å². The predicted molar refractivity (Wildman–Crippen MR) is 45.2 cm³/mol. The number of aromatic nitrogens is 2. The van der Waals surface area contributed by atoms with Crippen LogP contribution in [0.25, 0.3) is 0 Å². The van der Waals surface area contributed by atoms with E-state index in [1.807, 2.05) is 0 Å². The highest BCUT2D eigenvalue weighted by atomic mass is 16.8. The molecule has 0 spiro atoms. The van der Waals surface area contributed by atoms with Crippen LogP contribution in [0, 0.1) is 25.4 Å². The fourth-order valence-corrected chi connectivity index (χ4v) is 1.50. The van der Waals surface area contributed by atoms with Crippen LogP contribution in [-0.2, 0) is 0 Å². The van der Waals surface area contributed by atoms with Gasteiger partial charge in [0.25, 0.3) is 5.70 Å². The van der Waals surface area contributed by atoms with Gasteiger partial charge >= 0.3 is 11.7 Å². The Morgan fingerprint density at radius 2 is 2.12 bits per heavy atom. The van der Waals surface area contributed by atoms with E-state index >= 15 is 0 Å². The number of nitro groups is 2. The predicted octanol–water partition coefficient (Wildman–Crippen LogP) is -1.17. The zero-order chi connectivity index (χ0) is 12.7. The van der Waals surface area contributed by atoms with Crippen molar-refractivity contribution in [3.63, 3.8) is 0 Å². The average molecular weight is 244 g/mol. The number of hydrogen-bond donors (Lipinski definition) is 1. The third-order valence-electron chi connectivity index (χ3n) is 2.26. The maximum Gasteiger partial charge on any atom is 0.308 e. The standard InChI is InChI=1S/C6H4N4O7/c11-6-3(9(14)15)1-2(8(12)13)4-5(6)10(16)17-7-4/h1-2,6,11H. The molecular weight excluding hydrogens is 240 g/mol. The number of nitrogens with zero attached hydrogens (tertiary/aromatic N) is 4. The van der Waals surface area contributed by atoms with Gasteiger partial charge in [-0.15, -0.1) is 0 Å². The summed E-state index contributed by atoms with van der Waals surface area (Å²) in [6.45, 7) is 0. The van der Waals surface area contributed by atoms with Gasteiger partial charge in [-0.3, -0.25) is 24.9 Å². The highest BCUT2D eigenvalue weighted by Crippen LogP contribution is 2.34. The van der Waals surface area contributed by atoms with Crippen molar-refractivity contribution in [2.24, 2.45) is 0 Å². The van der Waals surface area contributed by atoms with E-state index in [1.165, 1.54) is 0 Å². The molecule has 1 aliphatic rings. The van der Waals surface area contributed by atoms with Gasteiger partial charge in [-0.05, 0) is 4.90 Å². The van der Waals surface area contributed by atoms with Gasteiger partial charge in [-0.1, -0.05) is 0 Å². The fraction of sp³-hybridized carbons (Fsp3) is 0.333. The highest BCUT2D eigenvalue weighted by Gasteiger charge is 2.48. The van der Waals surface area contributed by atoms with E-state index in [1.54, 1.807) is 0 Å². The normalized spacial score (nSPS) is 22.8. The van der Waals surface area contributed by atoms with Crippen LogP contribution < -0.4 is 4.90 Å². The summed E-state index contributed by atoms with van der Waals surface area (Å²) in [6.07, 6.45) is -1.28. The summed E-state index contributed by atoms with van der Waals surface area (Å²) >= 11 is 0. The molecule has 2 rings (SSSR count). The van der Waals surface area contributed by atoms with Crippen LogP contribution in [0.3, 0.4) is 0 Å². The number of aliphatic hydroxyl groups excluding tert-OH is 1. The molecule has 0 bridgehead atoms. The van der Waals surface area contributed by atoms with Gasteiger partial charge in [0.2, 0.25) is 11.8 Å². The molecule has 0 fully saturated rings. The van der Waals surface area contributed by atoms with Crippen molar-refractivity contribution < 1.29 is 24.5 Å². The second-order valence-electron chi connectivity index (χ2n) is 3.18. The van der Waals surface area contributed by atoms with Gasteiger partial charge < -0.3 is 10.3 Å². The molecule has 0 saturated heterocycles. The van der Waals surface area contributed by atoms with Crippen LogP contribution in [0.4, 0.5) is 0 Å². The third kappa shape index (κ3) is 1.48. The van der Waals surface area contributed by atoms with Crippen LogP contribution in [0.1, 0.15) is 23.5 Å². The topological polar surface area (TPSA) is 159 Å². The van der Waals surface area contributed by atoms with Crippen molar-refractivity contribution in [1.29, 1.82) is 0 Å². The van der Waals surface area contributed by atoms with Crippen LogP contribution in [0.2, 0.25) is 0 Å². The summed E-state index contributed by atoms with van der Waals surface area (Å²) in [5, 5.41) is 44.9. The lowest BCUT2D eigenvalue weighted by Gasteiger charge is -2.11. The van der Waals surface area contributed by atoms with E-state index in [0.717, 1.165) is 0 Å². The largest absolute Gasteiger partial charge is 0.374 e. The smallest absolute Gasteiger partial charge is 0.308 e.